The van der Waals surface area contributed by atoms with Gasteiger partial charge in [-0.15, -0.1) is 11.3 Å². The Balaban J connectivity index is 2.14. The lowest BCUT2D eigenvalue weighted by atomic mass is 10.00. The molecule has 0 aliphatic rings. The van der Waals surface area contributed by atoms with Crippen LogP contribution < -0.4 is 4.74 Å². The Hall–Kier alpha value is -2.66. The predicted molar refractivity (Wildman–Crippen MR) is 120 cm³/mol. The Kier molecular flexibility index (Phi) is 7.20. The lowest BCUT2D eigenvalue weighted by Crippen LogP contribution is -2.38. The topological polar surface area (TPSA) is 63.6 Å². The number of hydrogen-bond donors (Lipinski definition) is 1. The summed E-state index contributed by atoms with van der Waals surface area (Å²) >= 11 is 1.49. The van der Waals surface area contributed by atoms with Crippen molar-refractivity contribution in [1.29, 1.82) is 0 Å². The number of ether oxygens (including phenoxy) is 1. The summed E-state index contributed by atoms with van der Waals surface area (Å²) in [5, 5.41) is 9.29. The number of ketones is 1. The van der Waals surface area contributed by atoms with E-state index in [1.54, 1.807) is 6.08 Å². The quantitative estimate of drug-likeness (QED) is 0.506. The molecule has 0 amide bonds. The number of rotatable bonds is 9. The molecule has 0 fully saturated rings. The number of aliphatic carboxylic acids is 1. The van der Waals surface area contributed by atoms with Gasteiger partial charge in [-0.1, -0.05) is 30.9 Å². The molecule has 4 nitrogen and oxygen atoms in total. The van der Waals surface area contributed by atoms with Crippen LogP contribution in [0.4, 0.5) is 0 Å². The van der Waals surface area contributed by atoms with E-state index < -0.39 is 11.6 Å². The first-order valence-corrected chi connectivity index (χ1v) is 10.4. The third-order valence-corrected chi connectivity index (χ3v) is 5.79. The second-order valence-corrected chi connectivity index (χ2v) is 8.62. The lowest BCUT2D eigenvalue weighted by molar-refractivity contribution is -0.152. The standard InChI is InChI=1S/C24H28O4S/c1-7-9-20-18(8-2)14-21(29-20)19(25)11-10-17-12-15(3)22(16(4)13-17)28-24(5,6)23(26)27/h7-9,12-14H,2,10-11H2,1,3-6H3,(H,26,27)/b9-7-. The first-order chi connectivity index (χ1) is 13.6. The summed E-state index contributed by atoms with van der Waals surface area (Å²) < 4.78 is 5.75. The van der Waals surface area contributed by atoms with E-state index in [0.717, 1.165) is 32.0 Å². The zero-order chi connectivity index (χ0) is 21.8. The van der Waals surface area contributed by atoms with Crippen LogP contribution in [-0.2, 0) is 11.2 Å². The van der Waals surface area contributed by atoms with Gasteiger partial charge in [-0.3, -0.25) is 4.79 Å². The molecule has 1 aromatic heterocycles. The summed E-state index contributed by atoms with van der Waals surface area (Å²) in [6.45, 7) is 12.6. The van der Waals surface area contributed by atoms with Crippen LogP contribution in [0.15, 0.2) is 30.9 Å². The molecule has 1 heterocycles. The van der Waals surface area contributed by atoms with Crippen LogP contribution >= 0.6 is 11.3 Å². The zero-order valence-corrected chi connectivity index (χ0v) is 18.5. The summed E-state index contributed by atoms with van der Waals surface area (Å²) in [5.41, 5.74) is 2.43. The molecule has 0 aliphatic heterocycles. The van der Waals surface area contributed by atoms with Gasteiger partial charge in [-0.2, -0.15) is 0 Å². The van der Waals surface area contributed by atoms with E-state index in [4.69, 9.17) is 4.74 Å². The maximum Gasteiger partial charge on any atom is 0.347 e. The maximum atomic E-state index is 12.7. The fourth-order valence-corrected chi connectivity index (χ4v) is 4.13. The largest absolute Gasteiger partial charge is 0.478 e. The van der Waals surface area contributed by atoms with Crippen LogP contribution in [0.25, 0.3) is 12.2 Å². The summed E-state index contributed by atoms with van der Waals surface area (Å²) in [4.78, 5) is 25.8. The fourth-order valence-electron chi connectivity index (χ4n) is 3.02. The second kappa shape index (κ2) is 9.23. The maximum absolute atomic E-state index is 12.7. The van der Waals surface area contributed by atoms with Crippen molar-refractivity contribution in [2.24, 2.45) is 0 Å². The molecule has 0 atom stereocenters. The molecule has 29 heavy (non-hydrogen) atoms. The van der Waals surface area contributed by atoms with E-state index in [2.05, 4.69) is 6.58 Å². The fraction of sp³-hybridized carbons (Fsp3) is 0.333. The number of carboxylic acid groups (broad SMARTS) is 1. The van der Waals surface area contributed by atoms with Gasteiger partial charge < -0.3 is 9.84 Å². The van der Waals surface area contributed by atoms with Crippen LogP contribution in [0.5, 0.6) is 5.75 Å². The second-order valence-electron chi connectivity index (χ2n) is 7.53. The molecule has 5 heteroatoms. The number of hydrogen-bond acceptors (Lipinski definition) is 4. The van der Waals surface area contributed by atoms with E-state index in [-0.39, 0.29) is 5.78 Å². The minimum atomic E-state index is -1.31. The third kappa shape index (κ3) is 5.45. The highest BCUT2D eigenvalue weighted by atomic mass is 32.1. The van der Waals surface area contributed by atoms with Gasteiger partial charge >= 0.3 is 5.97 Å². The molecule has 0 radical (unpaired) electrons. The lowest BCUT2D eigenvalue weighted by Gasteiger charge is -2.24. The molecule has 0 spiro atoms. The number of benzene rings is 1. The molecule has 0 saturated heterocycles. The molecule has 1 aromatic carbocycles. The summed E-state index contributed by atoms with van der Waals surface area (Å²) in [7, 11) is 0. The smallest absolute Gasteiger partial charge is 0.347 e. The molecule has 2 aromatic rings. The SMILES string of the molecule is C=Cc1cc(C(=O)CCc2cc(C)c(OC(C)(C)C(=O)O)c(C)c2)sc1/C=C\C. The van der Waals surface area contributed by atoms with Gasteiger partial charge in [-0.05, 0) is 75.4 Å². The van der Waals surface area contributed by atoms with Gasteiger partial charge in [0, 0.05) is 11.3 Å². The van der Waals surface area contributed by atoms with Gasteiger partial charge in [0.1, 0.15) is 5.75 Å². The summed E-state index contributed by atoms with van der Waals surface area (Å²) in [6, 6.07) is 5.82. The highest BCUT2D eigenvalue weighted by Gasteiger charge is 2.30. The van der Waals surface area contributed by atoms with Crippen LogP contribution in [-0.4, -0.2) is 22.5 Å². The van der Waals surface area contributed by atoms with Crippen molar-refractivity contribution in [3.8, 4) is 5.75 Å². The molecule has 0 saturated carbocycles. The monoisotopic (exact) mass is 412 g/mol. The molecule has 2 rings (SSSR count). The number of Topliss-reactive ketones (excluding diaryl/α,β-unsaturated/α-hetero) is 1. The number of allylic oxidation sites excluding steroid dienone is 1. The van der Waals surface area contributed by atoms with Crippen molar-refractivity contribution in [3.05, 3.63) is 62.9 Å². The highest BCUT2D eigenvalue weighted by Crippen LogP contribution is 2.30. The summed E-state index contributed by atoms with van der Waals surface area (Å²) in [6.07, 6.45) is 6.73. The van der Waals surface area contributed by atoms with Gasteiger partial charge in [0.25, 0.3) is 0 Å². The Morgan fingerprint density at radius 1 is 1.21 bits per heavy atom. The van der Waals surface area contributed by atoms with Gasteiger partial charge in [0.05, 0.1) is 4.88 Å². The van der Waals surface area contributed by atoms with Crippen LogP contribution in [0, 0.1) is 13.8 Å². The number of aryl methyl sites for hydroxylation is 3. The molecular formula is C24H28O4S. The molecule has 0 unspecified atom stereocenters. The van der Waals surface area contributed by atoms with Crippen LogP contribution in [0.2, 0.25) is 0 Å². The number of carbonyl (C=O) groups excluding carboxylic acids is 1. The predicted octanol–water partition coefficient (Wildman–Crippen LogP) is 6.10. The van der Waals surface area contributed by atoms with Crippen molar-refractivity contribution in [2.45, 2.75) is 53.1 Å². The molecule has 0 aliphatic carbocycles. The Morgan fingerprint density at radius 2 is 1.83 bits per heavy atom. The number of thiophene rings is 1. The minimum Gasteiger partial charge on any atom is -0.478 e. The van der Waals surface area contributed by atoms with Gasteiger partial charge in [-0.25, -0.2) is 4.79 Å². The van der Waals surface area contributed by atoms with Crippen molar-refractivity contribution in [1.82, 2.24) is 0 Å². The molecule has 154 valence electrons. The van der Waals surface area contributed by atoms with Gasteiger partial charge in [0.15, 0.2) is 11.4 Å². The van der Waals surface area contributed by atoms with E-state index in [1.165, 1.54) is 25.2 Å². The van der Waals surface area contributed by atoms with E-state index >= 15 is 0 Å². The van der Waals surface area contributed by atoms with Crippen LogP contribution in [0.1, 0.15) is 64.0 Å². The van der Waals surface area contributed by atoms with Crippen LogP contribution in [0.3, 0.4) is 0 Å². The average molecular weight is 413 g/mol. The minimum absolute atomic E-state index is 0.108. The zero-order valence-electron chi connectivity index (χ0n) is 17.7. The third-order valence-electron chi connectivity index (χ3n) is 4.64. The number of carbonyl (C=O) groups is 2. The first-order valence-electron chi connectivity index (χ1n) is 9.53. The van der Waals surface area contributed by atoms with E-state index in [0.29, 0.717) is 18.6 Å². The summed E-state index contributed by atoms with van der Waals surface area (Å²) in [5.74, 6) is -0.327. The normalized spacial score (nSPS) is 11.6. The Morgan fingerprint density at radius 3 is 2.34 bits per heavy atom. The first kappa shape index (κ1) is 22.6. The Labute approximate surface area is 176 Å². The molecular weight excluding hydrogens is 384 g/mol. The Bertz CT molecular complexity index is 940. The average Bonchev–Trinajstić information content (AvgIpc) is 3.06. The van der Waals surface area contributed by atoms with Crippen molar-refractivity contribution < 1.29 is 19.4 Å². The van der Waals surface area contributed by atoms with E-state index in [9.17, 15) is 14.7 Å². The number of carboxylic acids is 1. The van der Waals surface area contributed by atoms with Gasteiger partial charge in [0.2, 0.25) is 0 Å². The van der Waals surface area contributed by atoms with Crippen molar-refractivity contribution in [3.63, 3.8) is 0 Å². The van der Waals surface area contributed by atoms with Crippen molar-refractivity contribution >= 4 is 35.2 Å². The highest BCUT2D eigenvalue weighted by molar-refractivity contribution is 7.15. The van der Waals surface area contributed by atoms with Crippen molar-refractivity contribution in [2.75, 3.05) is 0 Å². The molecule has 0 bridgehead atoms. The molecule has 1 N–H and O–H groups in total. The van der Waals surface area contributed by atoms with E-state index in [1.807, 2.05) is 51.1 Å².